The van der Waals surface area contributed by atoms with Gasteiger partial charge in [0, 0.05) is 5.56 Å². The molecule has 0 fully saturated rings. The molecule has 0 aliphatic rings. The number of benzene rings is 1. The van der Waals surface area contributed by atoms with E-state index in [1.807, 2.05) is 30.3 Å². The molecule has 0 radical (unpaired) electrons. The average Bonchev–Trinajstić information content (AvgIpc) is 2.78. The predicted molar refractivity (Wildman–Crippen MR) is 54.1 cm³/mol. The highest BCUT2D eigenvalue weighted by Crippen LogP contribution is 2.24. The number of hydrogen-bond donors (Lipinski definition) is 0. The molecule has 14 heavy (non-hydrogen) atoms. The second-order valence-corrected chi connectivity index (χ2v) is 3.84. The molecule has 2 aromatic heterocycles. The Morgan fingerprint density at radius 3 is 2.79 bits per heavy atom. The highest BCUT2D eigenvalue weighted by molar-refractivity contribution is 7.20. The van der Waals surface area contributed by atoms with Gasteiger partial charge in [0.1, 0.15) is 5.01 Å². The largest absolute Gasteiger partial charge is 0.162 e. The smallest absolute Gasteiger partial charge is 0.136 e. The Morgan fingerprint density at radius 1 is 1.14 bits per heavy atom. The van der Waals surface area contributed by atoms with Crippen LogP contribution in [0.5, 0.6) is 0 Å². The van der Waals surface area contributed by atoms with Crippen LogP contribution in [-0.4, -0.2) is 20.0 Å². The summed E-state index contributed by atoms with van der Waals surface area (Å²) in [5, 5.41) is 12.9. The summed E-state index contributed by atoms with van der Waals surface area (Å²) in [6, 6.07) is 10.1. The van der Waals surface area contributed by atoms with Gasteiger partial charge in [-0.05, 0) is 5.21 Å². The Bertz CT molecular complexity index is 526. The van der Waals surface area contributed by atoms with E-state index in [2.05, 4.69) is 15.4 Å². The van der Waals surface area contributed by atoms with Crippen molar-refractivity contribution >= 4 is 16.2 Å². The number of aromatic nitrogens is 4. The molecule has 0 aliphatic heterocycles. The molecule has 3 aromatic rings. The molecule has 1 aromatic carbocycles. The summed E-state index contributed by atoms with van der Waals surface area (Å²) in [5.74, 6) is 0. The van der Waals surface area contributed by atoms with Crippen LogP contribution >= 0.6 is 11.3 Å². The zero-order valence-electron chi connectivity index (χ0n) is 7.16. The first-order valence-corrected chi connectivity index (χ1v) is 4.98. The SMILES string of the molecule is c1ccc(-c2nn3nncc3s2)cc1. The van der Waals surface area contributed by atoms with E-state index >= 15 is 0 Å². The quantitative estimate of drug-likeness (QED) is 0.604. The summed E-state index contributed by atoms with van der Waals surface area (Å²) in [6.45, 7) is 0. The van der Waals surface area contributed by atoms with E-state index in [0.29, 0.717) is 0 Å². The second-order valence-electron chi connectivity index (χ2n) is 2.83. The van der Waals surface area contributed by atoms with Gasteiger partial charge in [-0.15, -0.1) is 14.8 Å². The summed E-state index contributed by atoms with van der Waals surface area (Å²) in [5.41, 5.74) is 1.11. The fourth-order valence-corrected chi connectivity index (χ4v) is 2.09. The Hall–Kier alpha value is -1.75. The van der Waals surface area contributed by atoms with Gasteiger partial charge in [-0.1, -0.05) is 41.7 Å². The van der Waals surface area contributed by atoms with Gasteiger partial charge in [-0.2, -0.15) is 0 Å². The lowest BCUT2D eigenvalue weighted by atomic mass is 10.2. The van der Waals surface area contributed by atoms with E-state index in [1.54, 1.807) is 22.2 Å². The van der Waals surface area contributed by atoms with Crippen LogP contribution in [0.15, 0.2) is 36.5 Å². The summed E-state index contributed by atoms with van der Waals surface area (Å²) < 4.78 is 1.55. The number of fused-ring (bicyclic) bond motifs is 1. The van der Waals surface area contributed by atoms with E-state index in [1.165, 1.54) is 0 Å². The molecule has 2 heterocycles. The second kappa shape index (κ2) is 2.88. The van der Waals surface area contributed by atoms with Crippen molar-refractivity contribution in [1.82, 2.24) is 20.0 Å². The molecule has 0 bridgehead atoms. The summed E-state index contributed by atoms with van der Waals surface area (Å²) in [4.78, 5) is 0.962. The highest BCUT2D eigenvalue weighted by Gasteiger charge is 2.05. The van der Waals surface area contributed by atoms with Crippen molar-refractivity contribution in [3.8, 4) is 10.6 Å². The molecule has 3 rings (SSSR count). The van der Waals surface area contributed by atoms with Crippen LogP contribution in [0.25, 0.3) is 15.4 Å². The first-order valence-electron chi connectivity index (χ1n) is 4.16. The van der Waals surface area contributed by atoms with Crippen LogP contribution in [0.2, 0.25) is 0 Å². The van der Waals surface area contributed by atoms with Crippen molar-refractivity contribution in [3.05, 3.63) is 36.5 Å². The summed E-state index contributed by atoms with van der Waals surface area (Å²) in [7, 11) is 0. The minimum Gasteiger partial charge on any atom is -0.136 e. The first kappa shape index (κ1) is 7.64. The van der Waals surface area contributed by atoms with E-state index in [9.17, 15) is 0 Å². The lowest BCUT2D eigenvalue weighted by Gasteiger charge is -1.91. The van der Waals surface area contributed by atoms with Crippen molar-refractivity contribution in [2.45, 2.75) is 0 Å². The van der Waals surface area contributed by atoms with E-state index < -0.39 is 0 Å². The lowest BCUT2D eigenvalue weighted by molar-refractivity contribution is 0.760. The van der Waals surface area contributed by atoms with Crippen LogP contribution in [0.3, 0.4) is 0 Å². The first-order chi connectivity index (χ1) is 6.93. The number of hydrogen-bond acceptors (Lipinski definition) is 4. The van der Waals surface area contributed by atoms with Gasteiger partial charge in [0.25, 0.3) is 0 Å². The fourth-order valence-electron chi connectivity index (χ4n) is 1.26. The Kier molecular flexibility index (Phi) is 1.57. The van der Waals surface area contributed by atoms with Crippen molar-refractivity contribution in [1.29, 1.82) is 0 Å². The molecule has 0 saturated heterocycles. The van der Waals surface area contributed by atoms with Gasteiger partial charge >= 0.3 is 0 Å². The third-order valence-corrected chi connectivity index (χ3v) is 2.90. The van der Waals surface area contributed by atoms with E-state index in [-0.39, 0.29) is 0 Å². The Labute approximate surface area is 83.8 Å². The zero-order valence-corrected chi connectivity index (χ0v) is 7.98. The van der Waals surface area contributed by atoms with Crippen molar-refractivity contribution < 1.29 is 0 Å². The number of nitrogens with zero attached hydrogens (tertiary/aromatic N) is 4. The monoisotopic (exact) mass is 202 g/mol. The number of rotatable bonds is 1. The summed E-state index contributed by atoms with van der Waals surface area (Å²) >= 11 is 1.58. The maximum Gasteiger partial charge on any atom is 0.162 e. The molecule has 0 saturated carbocycles. The topological polar surface area (TPSA) is 43.1 Å². The van der Waals surface area contributed by atoms with E-state index in [0.717, 1.165) is 15.4 Å². The highest BCUT2D eigenvalue weighted by atomic mass is 32.1. The maximum absolute atomic E-state index is 4.30. The Balaban J connectivity index is 2.19. The van der Waals surface area contributed by atoms with Gasteiger partial charge < -0.3 is 0 Å². The molecular formula is C9H6N4S. The molecule has 68 valence electrons. The minimum absolute atomic E-state index is 0.962. The van der Waals surface area contributed by atoms with Crippen LogP contribution in [-0.2, 0) is 0 Å². The van der Waals surface area contributed by atoms with Gasteiger partial charge in [-0.3, -0.25) is 0 Å². The predicted octanol–water partition coefficient (Wildman–Crippen LogP) is 1.85. The van der Waals surface area contributed by atoms with Gasteiger partial charge in [0.2, 0.25) is 0 Å². The molecule has 0 N–H and O–H groups in total. The molecule has 0 amide bonds. The standard InChI is InChI=1S/C9H6N4S/c1-2-4-7(5-3-1)9-11-13-8(14-9)6-10-12-13/h1-6H. The maximum atomic E-state index is 4.30. The average molecular weight is 202 g/mol. The third kappa shape index (κ3) is 1.10. The van der Waals surface area contributed by atoms with Crippen LogP contribution < -0.4 is 0 Å². The zero-order chi connectivity index (χ0) is 9.38. The molecule has 4 nitrogen and oxygen atoms in total. The van der Waals surface area contributed by atoms with Gasteiger partial charge in [0.15, 0.2) is 4.83 Å². The van der Waals surface area contributed by atoms with Crippen molar-refractivity contribution in [2.24, 2.45) is 0 Å². The molecule has 0 unspecified atom stereocenters. The molecular weight excluding hydrogens is 196 g/mol. The molecule has 5 heteroatoms. The lowest BCUT2D eigenvalue weighted by Crippen LogP contribution is -1.87. The van der Waals surface area contributed by atoms with Crippen molar-refractivity contribution in [3.63, 3.8) is 0 Å². The van der Waals surface area contributed by atoms with E-state index in [4.69, 9.17) is 0 Å². The summed E-state index contributed by atoms with van der Waals surface area (Å²) in [6.07, 6.45) is 1.71. The molecule has 0 aliphatic carbocycles. The minimum atomic E-state index is 0.962. The molecule has 0 atom stereocenters. The molecule has 0 spiro atoms. The normalized spacial score (nSPS) is 10.9. The van der Waals surface area contributed by atoms with Crippen LogP contribution in [0, 0.1) is 0 Å². The van der Waals surface area contributed by atoms with Crippen LogP contribution in [0.4, 0.5) is 0 Å². The van der Waals surface area contributed by atoms with Gasteiger partial charge in [-0.25, -0.2) is 0 Å². The van der Waals surface area contributed by atoms with Crippen LogP contribution in [0.1, 0.15) is 0 Å². The van der Waals surface area contributed by atoms with Crippen molar-refractivity contribution in [2.75, 3.05) is 0 Å². The Morgan fingerprint density at radius 2 is 2.00 bits per heavy atom. The fraction of sp³-hybridized carbons (Fsp3) is 0. The third-order valence-electron chi connectivity index (χ3n) is 1.91. The van der Waals surface area contributed by atoms with Gasteiger partial charge in [0.05, 0.1) is 6.20 Å².